The van der Waals surface area contributed by atoms with E-state index in [1.54, 1.807) is 0 Å². The summed E-state index contributed by atoms with van der Waals surface area (Å²) in [7, 11) is 0. The van der Waals surface area contributed by atoms with Gasteiger partial charge in [0.05, 0.1) is 16.3 Å². The number of rotatable bonds is 3. The molecule has 0 aliphatic heterocycles. The molecular weight excluding hydrogens is 296 g/mol. The molecule has 22 heavy (non-hydrogen) atoms. The van der Waals surface area contributed by atoms with Crippen LogP contribution in [0.4, 0.5) is 0 Å². The Labute approximate surface area is 131 Å². The maximum Gasteiger partial charge on any atom is 0.271 e. The molecule has 0 bridgehead atoms. The van der Waals surface area contributed by atoms with Crippen molar-refractivity contribution in [3.63, 3.8) is 0 Å². The average molecular weight is 310 g/mol. The number of hydrogen-bond donors (Lipinski definition) is 3. The quantitative estimate of drug-likeness (QED) is 0.512. The van der Waals surface area contributed by atoms with Crippen molar-refractivity contribution in [1.82, 2.24) is 9.97 Å². The third kappa shape index (κ3) is 2.87. The second kappa shape index (κ2) is 6.03. The highest BCUT2D eigenvalue weighted by Crippen LogP contribution is 2.32. The summed E-state index contributed by atoms with van der Waals surface area (Å²) in [5.74, 6) is 0. The van der Waals surface area contributed by atoms with Crippen molar-refractivity contribution in [1.29, 1.82) is 5.41 Å². The number of amidine groups is 1. The van der Waals surface area contributed by atoms with Gasteiger partial charge in [-0.1, -0.05) is 54.2 Å². The first kappa shape index (κ1) is 14.3. The highest BCUT2D eigenvalue weighted by atomic mass is 32.2. The number of para-hydroxylation sites is 2. The molecular formula is C16H14N4OS. The molecule has 0 aliphatic carbocycles. The molecule has 4 N–H and O–H groups in total. The number of aromatic amines is 1. The minimum atomic E-state index is -0.410. The summed E-state index contributed by atoms with van der Waals surface area (Å²) >= 11 is 1.11. The lowest BCUT2D eigenvalue weighted by molar-refractivity contribution is 1.01. The van der Waals surface area contributed by atoms with Crippen molar-refractivity contribution in [3.8, 4) is 0 Å². The number of hydrogen-bond acceptors (Lipinski definition) is 4. The number of nitrogens with two attached hydrogens (primary N) is 1. The zero-order chi connectivity index (χ0) is 15.5. The van der Waals surface area contributed by atoms with E-state index in [1.807, 2.05) is 54.6 Å². The molecule has 0 radical (unpaired) electrons. The van der Waals surface area contributed by atoms with E-state index in [9.17, 15) is 4.79 Å². The Balaban J connectivity index is 2.17. The minimum absolute atomic E-state index is 0.0526. The van der Waals surface area contributed by atoms with Crippen LogP contribution in [0.15, 0.2) is 59.4 Å². The SMILES string of the molecule is N=C(N)SC(c1ccccc1)c1nc2ccccc2[nH]c1=O. The Bertz CT molecular complexity index is 876. The predicted octanol–water partition coefficient (Wildman–Crippen LogP) is 2.64. The monoisotopic (exact) mass is 310 g/mol. The minimum Gasteiger partial charge on any atom is -0.379 e. The second-order valence-electron chi connectivity index (χ2n) is 4.74. The van der Waals surface area contributed by atoms with Crippen LogP contribution in [-0.2, 0) is 0 Å². The van der Waals surface area contributed by atoms with Crippen molar-refractivity contribution < 1.29 is 0 Å². The number of nitrogens with zero attached hydrogens (tertiary/aromatic N) is 1. The van der Waals surface area contributed by atoms with E-state index in [2.05, 4.69) is 9.97 Å². The summed E-state index contributed by atoms with van der Waals surface area (Å²) in [6, 6.07) is 16.8. The Morgan fingerprint density at radius 1 is 1.14 bits per heavy atom. The fourth-order valence-corrected chi connectivity index (χ4v) is 3.08. The lowest BCUT2D eigenvalue weighted by atomic mass is 10.1. The van der Waals surface area contributed by atoms with Crippen LogP contribution in [0.3, 0.4) is 0 Å². The Kier molecular flexibility index (Phi) is 3.93. The van der Waals surface area contributed by atoms with Crippen LogP contribution in [0, 0.1) is 5.41 Å². The molecule has 6 heteroatoms. The standard InChI is InChI=1S/C16H14N4OS/c17-16(18)22-14(10-6-2-1-3-7-10)13-15(21)20-12-9-5-4-8-11(12)19-13/h1-9,14H,(H3,17,18)(H,20,21). The molecule has 0 saturated carbocycles. The van der Waals surface area contributed by atoms with Gasteiger partial charge in [-0.2, -0.15) is 0 Å². The van der Waals surface area contributed by atoms with Crippen LogP contribution in [0.25, 0.3) is 11.0 Å². The van der Waals surface area contributed by atoms with Gasteiger partial charge in [-0.05, 0) is 17.7 Å². The number of H-pyrrole nitrogens is 1. The Hall–Kier alpha value is -2.60. The molecule has 1 atom stereocenters. The third-order valence-corrected chi connectivity index (χ3v) is 4.21. The van der Waals surface area contributed by atoms with E-state index in [1.165, 1.54) is 0 Å². The zero-order valence-corrected chi connectivity index (χ0v) is 12.4. The molecule has 0 spiro atoms. The summed E-state index contributed by atoms with van der Waals surface area (Å²) in [5, 5.41) is 7.09. The summed E-state index contributed by atoms with van der Waals surface area (Å²) in [4.78, 5) is 19.7. The lowest BCUT2D eigenvalue weighted by Crippen LogP contribution is -2.20. The summed E-state index contributed by atoms with van der Waals surface area (Å²) < 4.78 is 0. The van der Waals surface area contributed by atoms with Crippen LogP contribution in [0.5, 0.6) is 0 Å². The molecule has 0 amide bonds. The summed E-state index contributed by atoms with van der Waals surface area (Å²) in [6.45, 7) is 0. The second-order valence-corrected chi connectivity index (χ2v) is 5.89. The number of nitrogens with one attached hydrogen (secondary N) is 2. The maximum atomic E-state index is 12.4. The highest BCUT2D eigenvalue weighted by molar-refractivity contribution is 8.14. The van der Waals surface area contributed by atoms with Crippen LogP contribution in [-0.4, -0.2) is 15.1 Å². The molecule has 0 aliphatic rings. The fourth-order valence-electron chi connectivity index (χ4n) is 2.26. The molecule has 1 aromatic heterocycles. The van der Waals surface area contributed by atoms with Gasteiger partial charge in [0.15, 0.2) is 5.17 Å². The molecule has 0 saturated heterocycles. The molecule has 110 valence electrons. The van der Waals surface area contributed by atoms with Crippen molar-refractivity contribution in [2.75, 3.05) is 0 Å². The Morgan fingerprint density at radius 2 is 1.82 bits per heavy atom. The van der Waals surface area contributed by atoms with Gasteiger partial charge >= 0.3 is 0 Å². The van der Waals surface area contributed by atoms with Gasteiger partial charge in [-0.15, -0.1) is 0 Å². The van der Waals surface area contributed by atoms with Crippen LogP contribution < -0.4 is 11.3 Å². The van der Waals surface area contributed by atoms with Crippen molar-refractivity contribution >= 4 is 28.0 Å². The van der Waals surface area contributed by atoms with Gasteiger partial charge in [0.1, 0.15) is 5.69 Å². The Morgan fingerprint density at radius 3 is 2.55 bits per heavy atom. The van der Waals surface area contributed by atoms with Crippen molar-refractivity contribution in [2.45, 2.75) is 5.25 Å². The predicted molar refractivity (Wildman–Crippen MR) is 90.2 cm³/mol. The number of aromatic nitrogens is 2. The average Bonchev–Trinajstić information content (AvgIpc) is 2.53. The van der Waals surface area contributed by atoms with Crippen LogP contribution in [0.1, 0.15) is 16.5 Å². The van der Waals surface area contributed by atoms with Crippen molar-refractivity contribution in [3.05, 3.63) is 76.2 Å². The van der Waals surface area contributed by atoms with E-state index >= 15 is 0 Å². The van der Waals surface area contributed by atoms with E-state index in [-0.39, 0.29) is 10.7 Å². The van der Waals surface area contributed by atoms with Crippen molar-refractivity contribution in [2.24, 2.45) is 5.73 Å². The van der Waals surface area contributed by atoms with E-state index in [4.69, 9.17) is 11.1 Å². The third-order valence-electron chi connectivity index (χ3n) is 3.22. The number of benzene rings is 2. The molecule has 3 aromatic rings. The largest absolute Gasteiger partial charge is 0.379 e. The highest BCUT2D eigenvalue weighted by Gasteiger charge is 2.21. The first-order valence-electron chi connectivity index (χ1n) is 6.70. The van der Waals surface area contributed by atoms with E-state index in [0.717, 1.165) is 17.3 Å². The molecule has 1 unspecified atom stereocenters. The normalized spacial score (nSPS) is 12.2. The van der Waals surface area contributed by atoms with Crippen LogP contribution in [0.2, 0.25) is 0 Å². The molecule has 2 aromatic carbocycles. The van der Waals surface area contributed by atoms with Gasteiger partial charge in [-0.25, -0.2) is 4.98 Å². The van der Waals surface area contributed by atoms with Gasteiger partial charge in [-0.3, -0.25) is 10.2 Å². The first-order chi connectivity index (χ1) is 10.6. The maximum absolute atomic E-state index is 12.4. The van der Waals surface area contributed by atoms with Gasteiger partial charge in [0.2, 0.25) is 0 Å². The van der Waals surface area contributed by atoms with Gasteiger partial charge in [0, 0.05) is 0 Å². The topological polar surface area (TPSA) is 95.6 Å². The number of fused-ring (bicyclic) bond motifs is 1. The smallest absolute Gasteiger partial charge is 0.271 e. The fraction of sp³-hybridized carbons (Fsp3) is 0.0625. The number of thioether (sulfide) groups is 1. The zero-order valence-electron chi connectivity index (χ0n) is 11.6. The lowest BCUT2D eigenvalue weighted by Gasteiger charge is -2.15. The summed E-state index contributed by atoms with van der Waals surface area (Å²) in [5.41, 5.74) is 7.91. The van der Waals surface area contributed by atoms with E-state index in [0.29, 0.717) is 16.7 Å². The van der Waals surface area contributed by atoms with Gasteiger partial charge < -0.3 is 10.7 Å². The van der Waals surface area contributed by atoms with Gasteiger partial charge in [0.25, 0.3) is 5.56 Å². The van der Waals surface area contributed by atoms with E-state index < -0.39 is 5.25 Å². The van der Waals surface area contributed by atoms with Crippen LogP contribution >= 0.6 is 11.8 Å². The molecule has 3 rings (SSSR count). The molecule has 1 heterocycles. The molecule has 5 nitrogen and oxygen atoms in total. The summed E-state index contributed by atoms with van der Waals surface area (Å²) in [6.07, 6.45) is 0. The molecule has 0 fully saturated rings. The first-order valence-corrected chi connectivity index (χ1v) is 7.57.